The van der Waals surface area contributed by atoms with Gasteiger partial charge in [0.2, 0.25) is 0 Å². The maximum absolute atomic E-state index is 8.85. The van der Waals surface area contributed by atoms with Crippen molar-refractivity contribution in [3.8, 4) is 6.07 Å². The highest BCUT2D eigenvalue weighted by atomic mass is 35.5. The minimum Gasteiger partial charge on any atom is -0.394 e. The smallest absolute Gasteiger partial charge is 0.101 e. The number of nitriles is 1. The van der Waals surface area contributed by atoms with E-state index in [1.165, 1.54) is 0 Å². The van der Waals surface area contributed by atoms with Gasteiger partial charge in [-0.05, 0) is 25.1 Å². The number of nitrogens with zero attached hydrogens (tertiary/aromatic N) is 1. The predicted molar refractivity (Wildman–Crippen MR) is 56.3 cm³/mol. The second-order valence-corrected chi connectivity index (χ2v) is 3.47. The van der Waals surface area contributed by atoms with E-state index in [1.807, 2.05) is 13.0 Å². The number of aliphatic hydroxyl groups excluding tert-OH is 1. The van der Waals surface area contributed by atoms with Crippen LogP contribution >= 0.6 is 11.6 Å². The molecule has 0 heterocycles. The van der Waals surface area contributed by atoms with Crippen molar-refractivity contribution in [3.05, 3.63) is 28.8 Å². The molecule has 1 atom stereocenters. The van der Waals surface area contributed by atoms with Crippen LogP contribution in [0, 0.1) is 11.3 Å². The molecule has 1 unspecified atom stereocenters. The van der Waals surface area contributed by atoms with Gasteiger partial charge in [0.05, 0.1) is 17.9 Å². The molecule has 3 nitrogen and oxygen atoms in total. The van der Waals surface area contributed by atoms with Gasteiger partial charge in [-0.2, -0.15) is 5.26 Å². The number of hydrogen-bond donors (Lipinski definition) is 2. The quantitative estimate of drug-likeness (QED) is 0.803. The lowest BCUT2D eigenvalue weighted by atomic mass is 10.2. The first-order valence-electron chi connectivity index (χ1n) is 4.24. The molecule has 2 N–H and O–H groups in total. The maximum atomic E-state index is 8.85. The van der Waals surface area contributed by atoms with Crippen molar-refractivity contribution in [1.29, 1.82) is 5.26 Å². The molecular formula is C10H11ClN2O. The standard InChI is InChI=1S/C10H11ClN2O/c1-7(6-14)13-10-4-9(11)3-2-8(10)5-12/h2-4,7,13-14H,6H2,1H3. The van der Waals surface area contributed by atoms with Gasteiger partial charge in [0, 0.05) is 11.1 Å². The lowest BCUT2D eigenvalue weighted by molar-refractivity contribution is 0.281. The Bertz CT molecular complexity index is 360. The molecule has 1 aromatic rings. The van der Waals surface area contributed by atoms with Crippen molar-refractivity contribution >= 4 is 17.3 Å². The molecule has 4 heteroatoms. The normalized spacial score (nSPS) is 11.9. The zero-order valence-corrected chi connectivity index (χ0v) is 8.54. The summed E-state index contributed by atoms with van der Waals surface area (Å²) in [5.41, 5.74) is 1.18. The van der Waals surface area contributed by atoms with E-state index in [-0.39, 0.29) is 12.6 Å². The van der Waals surface area contributed by atoms with Crippen molar-refractivity contribution in [2.45, 2.75) is 13.0 Å². The summed E-state index contributed by atoms with van der Waals surface area (Å²) in [6, 6.07) is 6.93. The molecule has 1 rings (SSSR count). The number of hydrogen-bond acceptors (Lipinski definition) is 3. The van der Waals surface area contributed by atoms with E-state index in [0.717, 1.165) is 0 Å². The number of halogens is 1. The molecule has 0 saturated heterocycles. The molecule has 0 aromatic heterocycles. The predicted octanol–water partition coefficient (Wildman–Crippen LogP) is 2.00. The average molecular weight is 211 g/mol. The molecule has 0 radical (unpaired) electrons. The maximum Gasteiger partial charge on any atom is 0.101 e. The highest BCUT2D eigenvalue weighted by molar-refractivity contribution is 6.30. The minimum absolute atomic E-state index is 0.0113. The summed E-state index contributed by atoms with van der Waals surface area (Å²) in [6.45, 7) is 1.83. The molecular weight excluding hydrogens is 200 g/mol. The molecule has 0 aliphatic carbocycles. The van der Waals surface area contributed by atoms with Crippen LogP contribution in [0.5, 0.6) is 0 Å². The van der Waals surface area contributed by atoms with E-state index in [0.29, 0.717) is 16.3 Å². The fourth-order valence-corrected chi connectivity index (χ4v) is 1.22. The third-order valence-electron chi connectivity index (χ3n) is 1.78. The van der Waals surface area contributed by atoms with Gasteiger partial charge in [-0.15, -0.1) is 0 Å². The number of nitrogens with one attached hydrogen (secondary N) is 1. The molecule has 0 amide bonds. The molecule has 0 bridgehead atoms. The first-order chi connectivity index (χ1) is 6.67. The summed E-state index contributed by atoms with van der Waals surface area (Å²) < 4.78 is 0. The summed E-state index contributed by atoms with van der Waals surface area (Å²) in [7, 11) is 0. The molecule has 0 aliphatic rings. The lowest BCUT2D eigenvalue weighted by Crippen LogP contribution is -2.19. The van der Waals surface area contributed by atoms with Crippen molar-refractivity contribution in [2.75, 3.05) is 11.9 Å². The van der Waals surface area contributed by atoms with Crippen molar-refractivity contribution in [3.63, 3.8) is 0 Å². The second-order valence-electron chi connectivity index (χ2n) is 3.03. The zero-order chi connectivity index (χ0) is 10.6. The van der Waals surface area contributed by atoms with E-state index in [4.69, 9.17) is 22.0 Å². The lowest BCUT2D eigenvalue weighted by Gasteiger charge is -2.13. The Kier molecular flexibility index (Phi) is 3.75. The van der Waals surface area contributed by atoms with Crippen LogP contribution in [0.1, 0.15) is 12.5 Å². The third-order valence-corrected chi connectivity index (χ3v) is 2.01. The van der Waals surface area contributed by atoms with Crippen LogP contribution in [-0.2, 0) is 0 Å². The highest BCUT2D eigenvalue weighted by Gasteiger charge is 2.05. The summed E-state index contributed by atoms with van der Waals surface area (Å²) in [6.07, 6.45) is 0. The first kappa shape index (κ1) is 10.8. The Hall–Kier alpha value is -1.24. The van der Waals surface area contributed by atoms with Gasteiger partial charge < -0.3 is 10.4 Å². The van der Waals surface area contributed by atoms with Crippen LogP contribution < -0.4 is 5.32 Å². The molecule has 1 aromatic carbocycles. The number of rotatable bonds is 3. The van der Waals surface area contributed by atoms with E-state index >= 15 is 0 Å². The van der Waals surface area contributed by atoms with E-state index in [1.54, 1.807) is 18.2 Å². The van der Waals surface area contributed by atoms with Gasteiger partial charge >= 0.3 is 0 Å². The number of aliphatic hydroxyl groups is 1. The van der Waals surface area contributed by atoms with E-state index in [2.05, 4.69) is 5.32 Å². The third kappa shape index (κ3) is 2.63. The van der Waals surface area contributed by atoms with Crippen LogP contribution in [0.3, 0.4) is 0 Å². The fourth-order valence-electron chi connectivity index (χ4n) is 1.04. The molecule has 14 heavy (non-hydrogen) atoms. The number of anilines is 1. The Morgan fingerprint density at radius 1 is 1.64 bits per heavy atom. The molecule has 0 spiro atoms. The van der Waals surface area contributed by atoms with Crippen LogP contribution in [0.25, 0.3) is 0 Å². The summed E-state index contributed by atoms with van der Waals surface area (Å²) in [5, 5.41) is 21.2. The van der Waals surface area contributed by atoms with Gasteiger partial charge in [0.1, 0.15) is 6.07 Å². The van der Waals surface area contributed by atoms with Crippen molar-refractivity contribution < 1.29 is 5.11 Å². The van der Waals surface area contributed by atoms with E-state index < -0.39 is 0 Å². The van der Waals surface area contributed by atoms with Gasteiger partial charge in [-0.3, -0.25) is 0 Å². The Morgan fingerprint density at radius 2 is 2.36 bits per heavy atom. The average Bonchev–Trinajstić information content (AvgIpc) is 2.18. The van der Waals surface area contributed by atoms with Crippen LogP contribution in [0.15, 0.2) is 18.2 Å². The number of benzene rings is 1. The zero-order valence-electron chi connectivity index (χ0n) is 7.79. The highest BCUT2D eigenvalue weighted by Crippen LogP contribution is 2.20. The largest absolute Gasteiger partial charge is 0.394 e. The summed E-state index contributed by atoms with van der Waals surface area (Å²) in [5.74, 6) is 0. The Morgan fingerprint density at radius 3 is 2.93 bits per heavy atom. The van der Waals surface area contributed by atoms with Crippen molar-refractivity contribution in [2.24, 2.45) is 0 Å². The van der Waals surface area contributed by atoms with E-state index in [9.17, 15) is 0 Å². The van der Waals surface area contributed by atoms with Gasteiger partial charge in [0.25, 0.3) is 0 Å². The SMILES string of the molecule is CC(CO)Nc1cc(Cl)ccc1C#N. The second kappa shape index (κ2) is 4.85. The Labute approximate surface area is 87.9 Å². The monoisotopic (exact) mass is 210 g/mol. The molecule has 74 valence electrons. The topological polar surface area (TPSA) is 56.0 Å². The first-order valence-corrected chi connectivity index (χ1v) is 4.62. The van der Waals surface area contributed by atoms with Crippen molar-refractivity contribution in [1.82, 2.24) is 0 Å². The molecule has 0 saturated carbocycles. The van der Waals surface area contributed by atoms with Crippen LogP contribution in [-0.4, -0.2) is 17.8 Å². The summed E-state index contributed by atoms with van der Waals surface area (Å²) >= 11 is 5.79. The molecule has 0 aliphatic heterocycles. The molecule has 0 fully saturated rings. The van der Waals surface area contributed by atoms with Gasteiger partial charge in [0.15, 0.2) is 0 Å². The minimum atomic E-state index is -0.0967. The van der Waals surface area contributed by atoms with Gasteiger partial charge in [-0.1, -0.05) is 11.6 Å². The summed E-state index contributed by atoms with van der Waals surface area (Å²) in [4.78, 5) is 0. The van der Waals surface area contributed by atoms with Crippen LogP contribution in [0.4, 0.5) is 5.69 Å². The Balaban J connectivity index is 2.94. The fraction of sp³-hybridized carbons (Fsp3) is 0.300. The van der Waals surface area contributed by atoms with Gasteiger partial charge in [-0.25, -0.2) is 0 Å². The van der Waals surface area contributed by atoms with Crippen LogP contribution in [0.2, 0.25) is 5.02 Å².